The van der Waals surface area contributed by atoms with Crippen molar-refractivity contribution in [1.29, 1.82) is 0 Å². The summed E-state index contributed by atoms with van der Waals surface area (Å²) in [7, 11) is 1.46. The number of para-hydroxylation sites is 1. The number of benzene rings is 1. The molecule has 1 N–H and O–H groups in total. The van der Waals surface area contributed by atoms with Crippen LogP contribution in [0.5, 0.6) is 0 Å². The zero-order valence-corrected chi connectivity index (χ0v) is 15.8. The van der Waals surface area contributed by atoms with Crippen LogP contribution < -0.4 is 5.32 Å². The smallest absolute Gasteiger partial charge is 0.354 e. The van der Waals surface area contributed by atoms with Crippen LogP contribution in [0.1, 0.15) is 44.0 Å². The van der Waals surface area contributed by atoms with Crippen molar-refractivity contribution in [2.75, 3.05) is 13.7 Å². The lowest BCUT2D eigenvalue weighted by atomic mass is 9.70. The molecule has 1 aromatic carbocycles. The lowest BCUT2D eigenvalue weighted by Gasteiger charge is -2.44. The normalized spacial score (nSPS) is 20.4. The summed E-state index contributed by atoms with van der Waals surface area (Å²) in [6.45, 7) is 5.40. The Balaban J connectivity index is 0.00000182. The van der Waals surface area contributed by atoms with Gasteiger partial charge in [0.15, 0.2) is 0 Å². The molecule has 1 unspecified atom stereocenters. The Morgan fingerprint density at radius 3 is 2.72 bits per heavy atom. The molecule has 0 spiro atoms. The van der Waals surface area contributed by atoms with Gasteiger partial charge >= 0.3 is 5.97 Å². The van der Waals surface area contributed by atoms with Crippen molar-refractivity contribution in [2.45, 2.75) is 39.2 Å². The number of carbonyl (C=O) groups is 1. The molecular formula is C20H25ClN2O2. The molecule has 4 rings (SSSR count). The van der Waals surface area contributed by atoms with Crippen LogP contribution in [0.2, 0.25) is 0 Å². The van der Waals surface area contributed by atoms with E-state index in [9.17, 15) is 4.79 Å². The average Bonchev–Trinajstić information content (AvgIpc) is 2.98. The highest BCUT2D eigenvalue weighted by molar-refractivity contribution is 6.13. The molecule has 0 radical (unpaired) electrons. The van der Waals surface area contributed by atoms with Crippen LogP contribution in [0.4, 0.5) is 0 Å². The number of nitrogens with zero attached hydrogens (tertiary/aromatic N) is 1. The van der Waals surface area contributed by atoms with E-state index < -0.39 is 0 Å². The highest BCUT2D eigenvalue weighted by atomic mass is 35.5. The molecule has 0 aliphatic carbocycles. The van der Waals surface area contributed by atoms with Crippen molar-refractivity contribution in [3.05, 3.63) is 41.6 Å². The number of methoxy groups -OCH3 is 1. The van der Waals surface area contributed by atoms with Gasteiger partial charge in [-0.2, -0.15) is 0 Å². The largest absolute Gasteiger partial charge is 0.464 e. The second-order valence-electron chi connectivity index (χ2n) is 6.81. The van der Waals surface area contributed by atoms with Gasteiger partial charge in [-0.25, -0.2) is 4.79 Å². The molecule has 1 aromatic heterocycles. The molecule has 0 fully saturated rings. The SMILES string of the molecule is CCC1(CC)C=C(C(=O)OC)n2c3c(c4ccccc42)CCNC31.Cl. The van der Waals surface area contributed by atoms with Gasteiger partial charge in [0.2, 0.25) is 0 Å². The molecule has 0 saturated carbocycles. The van der Waals surface area contributed by atoms with Gasteiger partial charge in [0.25, 0.3) is 0 Å². The van der Waals surface area contributed by atoms with E-state index in [4.69, 9.17) is 4.74 Å². The summed E-state index contributed by atoms with van der Waals surface area (Å²) in [5.74, 6) is -0.256. The maximum Gasteiger partial charge on any atom is 0.354 e. The Morgan fingerprint density at radius 1 is 1.32 bits per heavy atom. The van der Waals surface area contributed by atoms with E-state index >= 15 is 0 Å². The molecule has 2 aliphatic rings. The number of carbonyl (C=O) groups excluding carboxylic acids is 1. The minimum absolute atomic E-state index is 0. The average molecular weight is 361 g/mol. The van der Waals surface area contributed by atoms with Crippen molar-refractivity contribution in [1.82, 2.24) is 9.88 Å². The van der Waals surface area contributed by atoms with E-state index in [0.29, 0.717) is 5.70 Å². The topological polar surface area (TPSA) is 43.3 Å². The predicted molar refractivity (Wildman–Crippen MR) is 103 cm³/mol. The van der Waals surface area contributed by atoms with E-state index in [1.807, 2.05) is 6.07 Å². The van der Waals surface area contributed by atoms with Crippen molar-refractivity contribution >= 4 is 35.0 Å². The van der Waals surface area contributed by atoms with Crippen LogP contribution in [0.25, 0.3) is 16.6 Å². The first-order chi connectivity index (χ1) is 11.7. The lowest BCUT2D eigenvalue weighted by Crippen LogP contribution is -2.44. The van der Waals surface area contributed by atoms with Gasteiger partial charge in [0.1, 0.15) is 5.70 Å². The molecule has 1 atom stereocenters. The minimum atomic E-state index is -0.256. The van der Waals surface area contributed by atoms with E-state index in [-0.39, 0.29) is 29.8 Å². The zero-order chi connectivity index (χ0) is 16.9. The van der Waals surface area contributed by atoms with Crippen LogP contribution in [-0.2, 0) is 16.0 Å². The second-order valence-corrected chi connectivity index (χ2v) is 6.81. The Hall–Kier alpha value is -1.78. The van der Waals surface area contributed by atoms with Crippen LogP contribution in [-0.4, -0.2) is 24.2 Å². The molecule has 134 valence electrons. The van der Waals surface area contributed by atoms with Crippen molar-refractivity contribution in [2.24, 2.45) is 5.41 Å². The van der Waals surface area contributed by atoms with Crippen molar-refractivity contribution < 1.29 is 9.53 Å². The van der Waals surface area contributed by atoms with Gasteiger partial charge in [-0.15, -0.1) is 12.4 Å². The van der Waals surface area contributed by atoms with Gasteiger partial charge in [0.05, 0.1) is 18.7 Å². The molecule has 0 amide bonds. The zero-order valence-electron chi connectivity index (χ0n) is 15.0. The van der Waals surface area contributed by atoms with Gasteiger partial charge in [0, 0.05) is 16.5 Å². The summed E-state index contributed by atoms with van der Waals surface area (Å²) in [5, 5.41) is 4.99. The van der Waals surface area contributed by atoms with Crippen molar-refractivity contribution in [3.8, 4) is 0 Å². The van der Waals surface area contributed by atoms with E-state index in [0.717, 1.165) is 31.3 Å². The first kappa shape index (κ1) is 18.0. The van der Waals surface area contributed by atoms with E-state index in [1.54, 1.807) is 0 Å². The Labute approximate surface area is 154 Å². The third kappa shape index (κ3) is 2.35. The molecule has 25 heavy (non-hydrogen) atoms. The number of hydrogen-bond donors (Lipinski definition) is 1. The number of hydrogen-bond acceptors (Lipinski definition) is 3. The maximum absolute atomic E-state index is 12.6. The number of ether oxygens (including phenoxy) is 1. The van der Waals surface area contributed by atoms with Crippen LogP contribution in [0.3, 0.4) is 0 Å². The van der Waals surface area contributed by atoms with Gasteiger partial charge < -0.3 is 14.6 Å². The molecule has 2 aromatic rings. The second kappa shape index (κ2) is 6.50. The maximum atomic E-state index is 12.6. The fourth-order valence-corrected chi connectivity index (χ4v) is 4.60. The molecule has 4 nitrogen and oxygen atoms in total. The first-order valence-corrected chi connectivity index (χ1v) is 8.84. The summed E-state index contributed by atoms with van der Waals surface area (Å²) in [5.41, 5.74) is 4.36. The lowest BCUT2D eigenvalue weighted by molar-refractivity contribution is -0.134. The monoisotopic (exact) mass is 360 g/mol. The summed E-state index contributed by atoms with van der Waals surface area (Å²) < 4.78 is 7.26. The van der Waals surface area contributed by atoms with Gasteiger partial charge in [-0.05, 0) is 43.5 Å². The minimum Gasteiger partial charge on any atom is -0.464 e. The molecule has 0 bridgehead atoms. The number of nitrogens with one attached hydrogen (secondary N) is 1. The highest BCUT2D eigenvalue weighted by Crippen LogP contribution is 2.51. The van der Waals surface area contributed by atoms with Gasteiger partial charge in [-0.1, -0.05) is 32.0 Å². The summed E-state index contributed by atoms with van der Waals surface area (Å²) in [4.78, 5) is 12.6. The Morgan fingerprint density at radius 2 is 2.04 bits per heavy atom. The fourth-order valence-electron chi connectivity index (χ4n) is 4.60. The Bertz CT molecular complexity index is 849. The molecule has 3 heterocycles. The number of fused-ring (bicyclic) bond motifs is 3. The standard InChI is InChI=1S/C20H24N2O2.ClH/c1-4-20(5-2)12-16(19(23)24-3)22-15-9-7-6-8-13(15)14-10-11-21-18(20)17(14)22;/h6-9,12,18,21H,4-5,10-11H2,1-3H3;1H. The molecule has 5 heteroatoms. The highest BCUT2D eigenvalue weighted by Gasteiger charge is 2.45. The van der Waals surface area contributed by atoms with Crippen LogP contribution in [0, 0.1) is 5.41 Å². The van der Waals surface area contributed by atoms with Crippen LogP contribution >= 0.6 is 12.4 Å². The molecular weight excluding hydrogens is 336 g/mol. The van der Waals surface area contributed by atoms with E-state index in [2.05, 4.69) is 48.0 Å². The van der Waals surface area contributed by atoms with Crippen LogP contribution in [0.15, 0.2) is 30.3 Å². The third-order valence-electron chi connectivity index (χ3n) is 5.97. The number of rotatable bonds is 3. The first-order valence-electron chi connectivity index (χ1n) is 8.84. The predicted octanol–water partition coefficient (Wildman–Crippen LogP) is 4.08. The summed E-state index contributed by atoms with van der Waals surface area (Å²) in [6, 6.07) is 8.64. The third-order valence-corrected chi connectivity index (χ3v) is 5.97. The Kier molecular flexibility index (Phi) is 4.69. The number of esters is 1. The number of aromatic nitrogens is 1. The summed E-state index contributed by atoms with van der Waals surface area (Å²) in [6.07, 6.45) is 5.13. The quantitative estimate of drug-likeness (QED) is 0.838. The summed E-state index contributed by atoms with van der Waals surface area (Å²) >= 11 is 0. The molecule has 0 saturated heterocycles. The van der Waals surface area contributed by atoms with E-state index in [1.165, 1.54) is 23.8 Å². The van der Waals surface area contributed by atoms with Gasteiger partial charge in [-0.3, -0.25) is 0 Å². The molecule has 2 aliphatic heterocycles. The fraction of sp³-hybridized carbons (Fsp3) is 0.450. The van der Waals surface area contributed by atoms with Crippen molar-refractivity contribution in [3.63, 3.8) is 0 Å². The number of halogens is 1.